The molecule has 2 saturated heterocycles. The van der Waals surface area contributed by atoms with E-state index in [1.165, 1.54) is 32.1 Å². The summed E-state index contributed by atoms with van der Waals surface area (Å²) in [6.07, 6.45) is 14.7. The number of hydrogen-bond donors (Lipinski definition) is 3. The largest absolute Gasteiger partial charge is 0.457 e. The number of rotatable bonds is 10. The fourth-order valence-electron chi connectivity index (χ4n) is 7.71. The monoisotopic (exact) mass is 688 g/mol. The van der Waals surface area contributed by atoms with Gasteiger partial charge in [-0.3, -0.25) is 9.69 Å². The van der Waals surface area contributed by atoms with E-state index in [-0.39, 0.29) is 42.5 Å². The number of piperazine rings is 1. The van der Waals surface area contributed by atoms with E-state index >= 15 is 0 Å². The third-order valence-electron chi connectivity index (χ3n) is 11.2. The lowest BCUT2D eigenvalue weighted by Crippen LogP contribution is -2.52. The third kappa shape index (κ3) is 11.9. The van der Waals surface area contributed by atoms with Gasteiger partial charge in [0.1, 0.15) is 12.2 Å². The molecule has 10 unspecified atom stereocenters. The molecule has 0 aromatic rings. The van der Waals surface area contributed by atoms with Gasteiger partial charge in [-0.25, -0.2) is 4.79 Å². The molecule has 10 heteroatoms. The van der Waals surface area contributed by atoms with Gasteiger partial charge in [0.2, 0.25) is 0 Å². The number of cyclic esters (lactones) is 1. The number of carbonyl (C=O) groups is 2. The molecule has 1 amide bonds. The van der Waals surface area contributed by atoms with Crippen LogP contribution in [-0.2, 0) is 19.0 Å². The maximum absolute atomic E-state index is 13.4. The number of epoxide rings is 1. The van der Waals surface area contributed by atoms with Crippen molar-refractivity contribution < 1.29 is 39.1 Å². The lowest BCUT2D eigenvalue weighted by atomic mass is 9.91. The van der Waals surface area contributed by atoms with E-state index in [0.29, 0.717) is 44.8 Å². The van der Waals surface area contributed by atoms with Gasteiger partial charge in [-0.1, -0.05) is 71.3 Å². The normalized spacial score (nSPS) is 34.6. The van der Waals surface area contributed by atoms with Gasteiger partial charge in [0.25, 0.3) is 0 Å². The smallest absolute Gasteiger partial charge is 0.410 e. The molecule has 0 aromatic carbocycles. The summed E-state index contributed by atoms with van der Waals surface area (Å²) in [5.74, 6) is -0.756. The van der Waals surface area contributed by atoms with Crippen LogP contribution >= 0.6 is 0 Å². The van der Waals surface area contributed by atoms with Crippen LogP contribution in [0.25, 0.3) is 0 Å². The predicted octanol–water partition coefficient (Wildman–Crippen LogP) is 5.54. The van der Waals surface area contributed by atoms with Crippen molar-refractivity contribution in [3.05, 3.63) is 36.0 Å². The topological polar surface area (TPSA) is 132 Å². The quantitative estimate of drug-likeness (QED) is 0.117. The van der Waals surface area contributed by atoms with Crippen molar-refractivity contribution >= 4 is 12.1 Å². The zero-order chi connectivity index (χ0) is 35.7. The molecule has 1 saturated carbocycles. The second-order valence-corrected chi connectivity index (χ2v) is 15.5. The number of aliphatic hydroxyl groups is 3. The van der Waals surface area contributed by atoms with Crippen molar-refractivity contribution in [1.82, 2.24) is 9.80 Å². The summed E-state index contributed by atoms with van der Waals surface area (Å²) in [7, 11) is 0. The number of hydrogen-bond acceptors (Lipinski definition) is 9. The van der Waals surface area contributed by atoms with Gasteiger partial charge >= 0.3 is 12.1 Å². The fraction of sp³-hybridized carbons (Fsp3) is 0.795. The van der Waals surface area contributed by atoms with Gasteiger partial charge < -0.3 is 34.4 Å². The lowest BCUT2D eigenvalue weighted by Gasteiger charge is -2.40. The Morgan fingerprint density at radius 3 is 2.47 bits per heavy atom. The molecule has 49 heavy (non-hydrogen) atoms. The first-order chi connectivity index (χ1) is 23.3. The Morgan fingerprint density at radius 1 is 1.10 bits per heavy atom. The summed E-state index contributed by atoms with van der Waals surface area (Å²) in [4.78, 5) is 30.6. The number of ether oxygens (including phenoxy) is 3. The number of allylic oxidation sites excluding steroid dienone is 2. The number of aliphatic hydroxyl groups excluding tert-OH is 2. The second-order valence-electron chi connectivity index (χ2n) is 15.5. The standard InChI is InChI=1S/C39H64N2O8/c1-7-32(43)29(5)37-34(47-37)25-39(6,46)19-11-12-27(3)36-28(4)16-18-33(26(2)15-17-31(42)24-35(44)49-36)48-38(45)41-22-20-40(21-23-41)30-13-9-8-10-14-30/h11-12,16,18-19,26,28-34,36-37,42-43,46H,7-10,13-15,17,20-25H2,1-6H3/b18-16-,19-11+,27-12+. The predicted molar refractivity (Wildman–Crippen MR) is 190 cm³/mol. The van der Waals surface area contributed by atoms with Crippen molar-refractivity contribution in [2.75, 3.05) is 26.2 Å². The highest BCUT2D eigenvalue weighted by Gasteiger charge is 2.47. The van der Waals surface area contributed by atoms with Crippen LogP contribution in [0.3, 0.4) is 0 Å². The van der Waals surface area contributed by atoms with E-state index in [2.05, 4.69) is 4.90 Å². The van der Waals surface area contributed by atoms with Crippen LogP contribution in [0.2, 0.25) is 0 Å². The Labute approximate surface area is 294 Å². The van der Waals surface area contributed by atoms with Gasteiger partial charge in [-0.2, -0.15) is 0 Å². The number of amides is 1. The van der Waals surface area contributed by atoms with Crippen molar-refractivity contribution in [2.24, 2.45) is 17.8 Å². The molecule has 4 aliphatic rings. The maximum atomic E-state index is 13.4. The van der Waals surface area contributed by atoms with Gasteiger partial charge in [-0.05, 0) is 63.5 Å². The van der Waals surface area contributed by atoms with Gasteiger partial charge in [-0.15, -0.1) is 0 Å². The Bertz CT molecular complexity index is 1160. The summed E-state index contributed by atoms with van der Waals surface area (Å²) in [5.41, 5.74) is -0.344. The summed E-state index contributed by atoms with van der Waals surface area (Å²) in [6, 6.07) is 0.637. The molecule has 3 aliphatic heterocycles. The number of carbonyl (C=O) groups excluding carboxylic acids is 2. The Morgan fingerprint density at radius 2 is 1.80 bits per heavy atom. The average Bonchev–Trinajstić information content (AvgIpc) is 3.84. The minimum absolute atomic E-state index is 0.00792. The Balaban J connectivity index is 1.39. The Hall–Kier alpha value is -2.24. The van der Waals surface area contributed by atoms with Gasteiger partial charge in [0.15, 0.2) is 0 Å². The molecule has 0 spiro atoms. The molecule has 10 nitrogen and oxygen atoms in total. The van der Waals surface area contributed by atoms with Crippen LogP contribution in [0, 0.1) is 17.8 Å². The molecule has 3 fully saturated rings. The molecule has 1 aliphatic carbocycles. The van der Waals surface area contributed by atoms with Crippen molar-refractivity contribution in [3.63, 3.8) is 0 Å². The average molecular weight is 689 g/mol. The van der Waals surface area contributed by atoms with Crippen molar-refractivity contribution in [3.8, 4) is 0 Å². The number of nitrogens with zero attached hydrogens (tertiary/aromatic N) is 2. The molecule has 4 rings (SSSR count). The summed E-state index contributed by atoms with van der Waals surface area (Å²) < 4.78 is 17.8. The van der Waals surface area contributed by atoms with Crippen LogP contribution in [0.1, 0.15) is 106 Å². The van der Waals surface area contributed by atoms with Crippen LogP contribution in [0.4, 0.5) is 4.79 Å². The summed E-state index contributed by atoms with van der Waals surface area (Å²) in [6.45, 7) is 14.6. The summed E-state index contributed by atoms with van der Waals surface area (Å²) in [5, 5.41) is 31.9. The van der Waals surface area contributed by atoms with Crippen molar-refractivity contribution in [2.45, 2.75) is 154 Å². The van der Waals surface area contributed by atoms with E-state index in [1.54, 1.807) is 19.1 Å². The molecular formula is C39H64N2O8. The highest BCUT2D eigenvalue weighted by molar-refractivity contribution is 5.70. The van der Waals surface area contributed by atoms with Gasteiger partial charge in [0, 0.05) is 50.5 Å². The maximum Gasteiger partial charge on any atom is 0.410 e. The third-order valence-corrected chi connectivity index (χ3v) is 11.2. The molecular weight excluding hydrogens is 624 g/mol. The first-order valence-corrected chi connectivity index (χ1v) is 18.9. The highest BCUT2D eigenvalue weighted by atomic mass is 16.6. The van der Waals surface area contributed by atoms with Crippen LogP contribution in [0.5, 0.6) is 0 Å². The zero-order valence-electron chi connectivity index (χ0n) is 30.8. The van der Waals surface area contributed by atoms with Crippen LogP contribution in [0.15, 0.2) is 36.0 Å². The van der Waals surface area contributed by atoms with Crippen LogP contribution < -0.4 is 0 Å². The first kappa shape index (κ1) is 39.5. The van der Waals surface area contributed by atoms with E-state index < -0.39 is 36.0 Å². The fourth-order valence-corrected chi connectivity index (χ4v) is 7.71. The molecule has 10 atom stereocenters. The van der Waals surface area contributed by atoms with E-state index in [0.717, 1.165) is 18.7 Å². The molecule has 0 radical (unpaired) electrons. The molecule has 3 N–H and O–H groups in total. The second kappa shape index (κ2) is 18.3. The molecule has 3 heterocycles. The van der Waals surface area contributed by atoms with E-state index in [9.17, 15) is 24.9 Å². The van der Waals surface area contributed by atoms with Crippen molar-refractivity contribution in [1.29, 1.82) is 0 Å². The van der Waals surface area contributed by atoms with E-state index in [4.69, 9.17) is 14.2 Å². The Kier molecular flexibility index (Phi) is 14.8. The molecule has 278 valence electrons. The SMILES string of the molecule is CCC(O)C(C)C1OC1CC(C)(O)/C=C/C=C(\C)C1OC(=O)CC(O)CCC(C)C(OC(=O)N2CCN(C3CCCCC3)CC2)/C=C\C1C. The van der Waals surface area contributed by atoms with Gasteiger partial charge in [0.05, 0.1) is 36.4 Å². The van der Waals surface area contributed by atoms with E-state index in [1.807, 2.05) is 57.7 Å². The molecule has 0 aromatic heterocycles. The minimum atomic E-state index is -1.12. The highest BCUT2D eigenvalue weighted by Crippen LogP contribution is 2.37. The van der Waals surface area contributed by atoms with Crippen LogP contribution in [-0.4, -0.2) is 112 Å². The molecule has 0 bridgehead atoms. The first-order valence-electron chi connectivity index (χ1n) is 18.9. The number of esters is 1. The zero-order valence-corrected chi connectivity index (χ0v) is 30.8. The lowest BCUT2D eigenvalue weighted by molar-refractivity contribution is -0.151. The minimum Gasteiger partial charge on any atom is -0.457 e. The summed E-state index contributed by atoms with van der Waals surface area (Å²) >= 11 is 0.